The van der Waals surface area contributed by atoms with Crippen LogP contribution in [0.15, 0.2) is 24.4 Å². The van der Waals surface area contributed by atoms with Crippen molar-refractivity contribution in [2.24, 2.45) is 0 Å². The van der Waals surface area contributed by atoms with Gasteiger partial charge in [-0.3, -0.25) is 19.8 Å². The Labute approximate surface area is 145 Å². The van der Waals surface area contributed by atoms with Crippen LogP contribution in [0.2, 0.25) is 0 Å². The molecule has 1 aromatic heterocycles. The normalized spacial score (nSPS) is 21.8. The van der Waals surface area contributed by atoms with E-state index in [4.69, 9.17) is 0 Å². The number of carbonyl (C=O) groups is 1. The van der Waals surface area contributed by atoms with Gasteiger partial charge in [-0.2, -0.15) is 0 Å². The molecule has 4 rings (SSSR count). The van der Waals surface area contributed by atoms with Crippen LogP contribution in [0, 0.1) is 10.1 Å². The van der Waals surface area contributed by atoms with Crippen molar-refractivity contribution in [1.29, 1.82) is 0 Å². The summed E-state index contributed by atoms with van der Waals surface area (Å²) in [5, 5.41) is 11.7. The van der Waals surface area contributed by atoms with Gasteiger partial charge in [-0.1, -0.05) is 0 Å². The lowest BCUT2D eigenvalue weighted by atomic mass is 10.0. The number of piperidine rings is 1. The van der Waals surface area contributed by atoms with Gasteiger partial charge >= 0.3 is 0 Å². The molecule has 1 atom stereocenters. The molecule has 7 nitrogen and oxygen atoms in total. The largest absolute Gasteiger partial charge is 0.360 e. The number of nitrogens with zero attached hydrogens (tertiary/aromatic N) is 3. The second-order valence-corrected chi connectivity index (χ2v) is 6.98. The smallest absolute Gasteiger partial charge is 0.270 e. The van der Waals surface area contributed by atoms with Gasteiger partial charge in [0.15, 0.2) is 0 Å². The van der Waals surface area contributed by atoms with E-state index in [1.165, 1.54) is 25.0 Å². The third-order valence-electron chi connectivity index (χ3n) is 5.45. The van der Waals surface area contributed by atoms with Gasteiger partial charge in [0.1, 0.15) is 0 Å². The summed E-state index contributed by atoms with van der Waals surface area (Å²) in [6.45, 7) is 3.77. The van der Waals surface area contributed by atoms with Gasteiger partial charge in [-0.05, 0) is 44.8 Å². The zero-order chi connectivity index (χ0) is 17.4. The number of carbonyl (C=O) groups excluding carboxylic acids is 1. The maximum atomic E-state index is 13.0. The molecule has 0 unspecified atom stereocenters. The lowest BCUT2D eigenvalue weighted by molar-refractivity contribution is -0.384. The molecule has 7 heteroatoms. The molecular weight excluding hydrogens is 320 g/mol. The van der Waals surface area contributed by atoms with Gasteiger partial charge in [0.2, 0.25) is 0 Å². The van der Waals surface area contributed by atoms with Crippen molar-refractivity contribution in [2.75, 3.05) is 26.2 Å². The zero-order valence-electron chi connectivity index (χ0n) is 14.1. The highest BCUT2D eigenvalue weighted by Gasteiger charge is 2.30. The Bertz CT molecular complexity index is 810. The quantitative estimate of drug-likeness (QED) is 0.687. The molecule has 0 spiro atoms. The van der Waals surface area contributed by atoms with Gasteiger partial charge in [-0.25, -0.2) is 0 Å². The van der Waals surface area contributed by atoms with Gasteiger partial charge in [0.25, 0.3) is 11.6 Å². The lowest BCUT2D eigenvalue weighted by Gasteiger charge is -2.37. The second-order valence-electron chi connectivity index (χ2n) is 6.98. The molecule has 1 aromatic carbocycles. The van der Waals surface area contributed by atoms with Crippen LogP contribution < -0.4 is 0 Å². The van der Waals surface area contributed by atoms with Crippen molar-refractivity contribution in [1.82, 2.24) is 14.8 Å². The summed E-state index contributed by atoms with van der Waals surface area (Å²) in [4.78, 5) is 31.1. The average Bonchev–Trinajstić information content (AvgIpc) is 3.30. The third kappa shape index (κ3) is 3.00. The molecule has 1 N–H and O–H groups in total. The molecule has 132 valence electrons. The van der Waals surface area contributed by atoms with E-state index in [-0.39, 0.29) is 11.6 Å². The Kier molecular flexibility index (Phi) is 4.17. The molecule has 2 aliphatic rings. The molecule has 0 radical (unpaired) electrons. The van der Waals surface area contributed by atoms with Crippen LogP contribution in [-0.2, 0) is 0 Å². The Hall–Kier alpha value is -2.41. The van der Waals surface area contributed by atoms with Crippen molar-refractivity contribution in [3.63, 3.8) is 0 Å². The van der Waals surface area contributed by atoms with E-state index in [1.807, 2.05) is 4.90 Å². The fourth-order valence-electron chi connectivity index (χ4n) is 4.11. The molecule has 2 aliphatic heterocycles. The molecule has 25 heavy (non-hydrogen) atoms. The summed E-state index contributed by atoms with van der Waals surface area (Å²) < 4.78 is 0. The first-order valence-corrected chi connectivity index (χ1v) is 8.92. The van der Waals surface area contributed by atoms with Gasteiger partial charge in [0, 0.05) is 48.4 Å². The number of aromatic nitrogens is 1. The number of aromatic amines is 1. The van der Waals surface area contributed by atoms with Crippen molar-refractivity contribution in [3.05, 3.63) is 40.1 Å². The highest BCUT2D eigenvalue weighted by atomic mass is 16.6. The van der Waals surface area contributed by atoms with E-state index < -0.39 is 4.92 Å². The summed E-state index contributed by atoms with van der Waals surface area (Å²) in [5.41, 5.74) is 1.29. The first-order chi connectivity index (χ1) is 12.1. The average molecular weight is 342 g/mol. The number of likely N-dealkylation sites (tertiary alicyclic amines) is 2. The van der Waals surface area contributed by atoms with E-state index in [1.54, 1.807) is 12.3 Å². The maximum Gasteiger partial charge on any atom is 0.270 e. The summed E-state index contributed by atoms with van der Waals surface area (Å²) in [6.07, 6.45) is 6.32. The molecule has 2 saturated heterocycles. The monoisotopic (exact) mass is 342 g/mol. The fourth-order valence-corrected chi connectivity index (χ4v) is 4.11. The number of rotatable bonds is 3. The molecule has 0 aliphatic carbocycles. The Morgan fingerprint density at radius 1 is 1.20 bits per heavy atom. The van der Waals surface area contributed by atoms with Crippen molar-refractivity contribution in [3.8, 4) is 0 Å². The number of non-ortho nitro benzene ring substituents is 1. The highest BCUT2D eigenvalue weighted by Crippen LogP contribution is 2.27. The zero-order valence-corrected chi connectivity index (χ0v) is 14.1. The summed E-state index contributed by atoms with van der Waals surface area (Å²) in [5.74, 6) is -0.0318. The standard InChI is InChI=1S/C18H22N4O3/c23-18(21-9-3-4-14(12-21)20-7-1-2-8-20)16-11-19-17-6-5-13(22(24)25)10-15(16)17/h5-6,10-11,14,19H,1-4,7-9,12H2/t14-/m1/s1. The van der Waals surface area contributed by atoms with Gasteiger partial charge < -0.3 is 9.88 Å². The summed E-state index contributed by atoms with van der Waals surface area (Å²) >= 11 is 0. The van der Waals surface area contributed by atoms with Crippen molar-refractivity contribution >= 4 is 22.5 Å². The highest BCUT2D eigenvalue weighted by molar-refractivity contribution is 6.07. The van der Waals surface area contributed by atoms with Crippen LogP contribution in [-0.4, -0.2) is 57.8 Å². The maximum absolute atomic E-state index is 13.0. The minimum Gasteiger partial charge on any atom is -0.360 e. The molecule has 0 bridgehead atoms. The Morgan fingerprint density at radius 3 is 2.76 bits per heavy atom. The number of nitro benzene ring substituents is 1. The number of H-pyrrole nitrogens is 1. The van der Waals surface area contributed by atoms with Crippen LogP contribution in [0.1, 0.15) is 36.0 Å². The number of benzene rings is 1. The fraction of sp³-hybridized carbons (Fsp3) is 0.500. The van der Waals surface area contributed by atoms with Crippen LogP contribution >= 0.6 is 0 Å². The third-order valence-corrected chi connectivity index (χ3v) is 5.45. The summed E-state index contributed by atoms with van der Waals surface area (Å²) in [6, 6.07) is 5.05. The van der Waals surface area contributed by atoms with E-state index in [9.17, 15) is 14.9 Å². The predicted molar refractivity (Wildman–Crippen MR) is 94.7 cm³/mol. The molecule has 2 fully saturated rings. The molecule has 1 amide bonds. The van der Waals surface area contributed by atoms with Crippen molar-refractivity contribution in [2.45, 2.75) is 31.7 Å². The van der Waals surface area contributed by atoms with Crippen LogP contribution in [0.5, 0.6) is 0 Å². The number of nitro groups is 1. The number of amides is 1. The minimum atomic E-state index is -0.426. The number of hydrogen-bond acceptors (Lipinski definition) is 4. The molecular formula is C18H22N4O3. The predicted octanol–water partition coefficient (Wildman–Crippen LogP) is 2.78. The van der Waals surface area contributed by atoms with Crippen LogP contribution in [0.3, 0.4) is 0 Å². The topological polar surface area (TPSA) is 82.5 Å². The van der Waals surface area contributed by atoms with Crippen LogP contribution in [0.4, 0.5) is 5.69 Å². The van der Waals surface area contributed by atoms with E-state index in [0.29, 0.717) is 17.0 Å². The second kappa shape index (κ2) is 6.48. The van der Waals surface area contributed by atoms with E-state index >= 15 is 0 Å². The first-order valence-electron chi connectivity index (χ1n) is 8.92. The van der Waals surface area contributed by atoms with Crippen molar-refractivity contribution < 1.29 is 9.72 Å². The van der Waals surface area contributed by atoms with E-state index in [0.717, 1.165) is 44.5 Å². The SMILES string of the molecule is O=C(c1c[nH]c2ccc([N+](=O)[O-])cc12)N1CCC[C@@H](N2CCCC2)C1. The van der Waals surface area contributed by atoms with Gasteiger partial charge in [-0.15, -0.1) is 0 Å². The van der Waals surface area contributed by atoms with E-state index in [2.05, 4.69) is 9.88 Å². The van der Waals surface area contributed by atoms with Gasteiger partial charge in [0.05, 0.1) is 10.5 Å². The molecule has 2 aromatic rings. The number of nitrogens with one attached hydrogen (secondary N) is 1. The number of fused-ring (bicyclic) bond motifs is 1. The minimum absolute atomic E-state index is 0.00902. The Morgan fingerprint density at radius 2 is 2.00 bits per heavy atom. The Balaban J connectivity index is 1.58. The lowest BCUT2D eigenvalue weighted by Crippen LogP contribution is -2.48. The molecule has 0 saturated carbocycles. The summed E-state index contributed by atoms with van der Waals surface area (Å²) in [7, 11) is 0. The molecule has 3 heterocycles. The van der Waals surface area contributed by atoms with Crippen LogP contribution in [0.25, 0.3) is 10.9 Å². The number of hydrogen-bond donors (Lipinski definition) is 1. The first kappa shape index (κ1) is 16.1.